The van der Waals surface area contributed by atoms with Crippen molar-refractivity contribution in [2.75, 3.05) is 0 Å². The average molecular weight is 545 g/mol. The van der Waals surface area contributed by atoms with Gasteiger partial charge in [0.25, 0.3) is 0 Å². The summed E-state index contributed by atoms with van der Waals surface area (Å²) in [5.41, 5.74) is 2.90. The maximum atomic E-state index is 14.5. The molecule has 35 heavy (non-hydrogen) atoms. The minimum atomic E-state index is -1.02. The molecule has 1 N–H and O–H groups in total. The third kappa shape index (κ3) is 4.50. The minimum absolute atomic E-state index is 0.0437. The number of carboxylic acids is 1. The van der Waals surface area contributed by atoms with Crippen LogP contribution in [0.4, 0.5) is 4.39 Å². The summed E-state index contributed by atoms with van der Waals surface area (Å²) in [5.74, 6) is -1.52. The van der Waals surface area contributed by atoms with Crippen LogP contribution < -0.4 is 0 Å². The van der Waals surface area contributed by atoms with Gasteiger partial charge in [-0.3, -0.25) is 0 Å². The van der Waals surface area contributed by atoms with E-state index < -0.39 is 11.8 Å². The van der Waals surface area contributed by atoms with Gasteiger partial charge in [-0.05, 0) is 53.6 Å². The molecule has 4 nitrogen and oxygen atoms in total. The molecule has 0 unspecified atom stereocenters. The highest BCUT2D eigenvalue weighted by atomic mass is 35.5. The number of hydrogen-bond donors (Lipinski definition) is 1. The van der Waals surface area contributed by atoms with Crippen molar-refractivity contribution in [3.05, 3.63) is 99.2 Å². The van der Waals surface area contributed by atoms with Gasteiger partial charge in [-0.1, -0.05) is 82.1 Å². The molecule has 0 radical (unpaired) electrons. The summed E-state index contributed by atoms with van der Waals surface area (Å²) in [4.78, 5) is 11.8. The van der Waals surface area contributed by atoms with E-state index in [2.05, 4.69) is 5.16 Å². The quantitative estimate of drug-likeness (QED) is 0.239. The van der Waals surface area contributed by atoms with Crippen molar-refractivity contribution in [2.45, 2.75) is 9.92 Å². The molecule has 0 fully saturated rings. The highest BCUT2D eigenvalue weighted by molar-refractivity contribution is 7.99. The Balaban J connectivity index is 1.50. The van der Waals surface area contributed by atoms with Crippen molar-refractivity contribution in [3.63, 3.8) is 0 Å². The van der Waals surface area contributed by atoms with Crippen molar-refractivity contribution < 1.29 is 18.8 Å². The van der Waals surface area contributed by atoms with Gasteiger partial charge in [-0.25, -0.2) is 9.18 Å². The molecular formula is C26H13Cl3FNO3S. The molecule has 0 aliphatic heterocycles. The summed E-state index contributed by atoms with van der Waals surface area (Å²) in [5, 5.41) is 15.5. The summed E-state index contributed by atoms with van der Waals surface area (Å²) in [6.07, 6.45) is 0. The van der Waals surface area contributed by atoms with E-state index >= 15 is 0 Å². The Morgan fingerprint density at radius 2 is 1.66 bits per heavy atom. The van der Waals surface area contributed by atoms with Gasteiger partial charge in [-0.15, -0.1) is 0 Å². The van der Waals surface area contributed by atoms with Crippen molar-refractivity contribution in [2.24, 2.45) is 0 Å². The molecule has 0 aliphatic carbocycles. The van der Waals surface area contributed by atoms with Gasteiger partial charge < -0.3 is 9.63 Å². The lowest BCUT2D eigenvalue weighted by Crippen LogP contribution is -1.95. The summed E-state index contributed by atoms with van der Waals surface area (Å²) >= 11 is 20.4. The van der Waals surface area contributed by atoms with Gasteiger partial charge >= 0.3 is 5.97 Å². The van der Waals surface area contributed by atoms with Crippen LogP contribution in [0, 0.1) is 5.82 Å². The van der Waals surface area contributed by atoms with Gasteiger partial charge in [0.15, 0.2) is 10.6 Å². The fraction of sp³-hybridized carbons (Fsp3) is 0. The van der Waals surface area contributed by atoms with E-state index in [0.717, 1.165) is 5.39 Å². The Hall–Kier alpha value is -3.03. The van der Waals surface area contributed by atoms with Crippen molar-refractivity contribution >= 4 is 63.5 Å². The number of benzene rings is 4. The standard InChI is InChI=1S/C26H13Cl3FNO3S/c27-18-10-11-21(23(29)22(18)13-4-6-14(7-5-13)26(32)33)35-25-17-9-8-15(12-20(17)34-31-25)16-2-1-3-19(28)24(16)30/h1-12H,(H,32,33). The number of fused-ring (bicyclic) bond motifs is 1. The highest BCUT2D eigenvalue weighted by Gasteiger charge is 2.18. The smallest absolute Gasteiger partial charge is 0.335 e. The molecule has 0 aliphatic rings. The summed E-state index contributed by atoms with van der Waals surface area (Å²) in [7, 11) is 0. The molecule has 5 rings (SSSR count). The van der Waals surface area contributed by atoms with Crippen LogP contribution >= 0.6 is 46.6 Å². The molecule has 4 aromatic carbocycles. The first-order chi connectivity index (χ1) is 16.8. The zero-order valence-electron chi connectivity index (χ0n) is 17.6. The number of rotatable bonds is 5. The van der Waals surface area contributed by atoms with Crippen LogP contribution in [-0.4, -0.2) is 16.2 Å². The lowest BCUT2D eigenvalue weighted by molar-refractivity contribution is 0.0697. The van der Waals surface area contributed by atoms with Crippen molar-refractivity contribution in [3.8, 4) is 22.3 Å². The Morgan fingerprint density at radius 3 is 2.40 bits per heavy atom. The van der Waals surface area contributed by atoms with Crippen LogP contribution in [0.5, 0.6) is 0 Å². The van der Waals surface area contributed by atoms with Crippen LogP contribution in [-0.2, 0) is 0 Å². The van der Waals surface area contributed by atoms with E-state index in [1.807, 2.05) is 0 Å². The number of aromatic carboxylic acids is 1. The molecule has 9 heteroatoms. The second-order valence-corrected chi connectivity index (χ2v) is 9.74. The highest BCUT2D eigenvalue weighted by Crippen LogP contribution is 2.44. The average Bonchev–Trinajstić information content (AvgIpc) is 3.25. The second-order valence-electron chi connectivity index (χ2n) is 7.52. The minimum Gasteiger partial charge on any atom is -0.478 e. The predicted molar refractivity (Wildman–Crippen MR) is 137 cm³/mol. The van der Waals surface area contributed by atoms with Gasteiger partial charge in [0.2, 0.25) is 0 Å². The normalized spacial score (nSPS) is 11.2. The monoisotopic (exact) mass is 543 g/mol. The molecule has 0 saturated carbocycles. The van der Waals surface area contributed by atoms with Crippen LogP contribution in [0.2, 0.25) is 15.1 Å². The van der Waals surface area contributed by atoms with E-state index in [0.29, 0.717) is 47.8 Å². The Labute approximate surface area is 218 Å². The number of nitrogens with zero attached hydrogens (tertiary/aromatic N) is 1. The van der Waals surface area contributed by atoms with Crippen molar-refractivity contribution in [1.29, 1.82) is 0 Å². The van der Waals surface area contributed by atoms with Crippen LogP contribution in [0.25, 0.3) is 33.2 Å². The van der Waals surface area contributed by atoms with E-state index in [4.69, 9.17) is 44.4 Å². The number of hydrogen-bond acceptors (Lipinski definition) is 4. The van der Waals surface area contributed by atoms with Crippen LogP contribution in [0.3, 0.4) is 0 Å². The molecule has 0 atom stereocenters. The first-order valence-electron chi connectivity index (χ1n) is 10.2. The largest absolute Gasteiger partial charge is 0.478 e. The van der Waals surface area contributed by atoms with Crippen LogP contribution in [0.1, 0.15) is 10.4 Å². The molecule has 0 spiro atoms. The van der Waals surface area contributed by atoms with E-state index in [1.165, 1.54) is 30.0 Å². The zero-order valence-corrected chi connectivity index (χ0v) is 20.6. The zero-order chi connectivity index (χ0) is 24.7. The topological polar surface area (TPSA) is 63.3 Å². The molecule has 0 amide bonds. The van der Waals surface area contributed by atoms with Gasteiger partial charge in [0.1, 0.15) is 5.82 Å². The number of aromatic nitrogens is 1. The van der Waals surface area contributed by atoms with E-state index in [1.54, 1.807) is 54.6 Å². The van der Waals surface area contributed by atoms with Crippen LogP contribution in [0.15, 0.2) is 87.2 Å². The molecule has 174 valence electrons. The van der Waals surface area contributed by atoms with Gasteiger partial charge in [0.05, 0.1) is 21.0 Å². The third-order valence-corrected chi connectivity index (χ3v) is 7.54. The summed E-state index contributed by atoms with van der Waals surface area (Å²) < 4.78 is 20.0. The van der Waals surface area contributed by atoms with Gasteiger partial charge in [-0.2, -0.15) is 0 Å². The summed E-state index contributed by atoms with van der Waals surface area (Å²) in [6, 6.07) is 19.9. The fourth-order valence-electron chi connectivity index (χ4n) is 3.64. The molecule has 1 aromatic heterocycles. The maximum Gasteiger partial charge on any atom is 0.335 e. The van der Waals surface area contributed by atoms with Gasteiger partial charge in [0, 0.05) is 21.0 Å². The SMILES string of the molecule is O=C(O)c1ccc(-c2c(Cl)ccc(Sc3noc4cc(-c5cccc(Cl)c5F)ccc34)c2Cl)cc1. The molecule has 5 aromatic rings. The third-order valence-electron chi connectivity index (χ3n) is 5.38. The van der Waals surface area contributed by atoms with E-state index in [9.17, 15) is 9.18 Å². The first-order valence-corrected chi connectivity index (χ1v) is 12.1. The maximum absolute atomic E-state index is 14.5. The lowest BCUT2D eigenvalue weighted by Gasteiger charge is -2.11. The molecule has 1 heterocycles. The number of halogens is 4. The van der Waals surface area contributed by atoms with E-state index in [-0.39, 0.29) is 10.6 Å². The number of carboxylic acid groups (broad SMARTS) is 1. The number of carbonyl (C=O) groups is 1. The molecule has 0 saturated heterocycles. The Bertz CT molecular complexity index is 1600. The lowest BCUT2D eigenvalue weighted by atomic mass is 10.0. The molecular weight excluding hydrogens is 532 g/mol. The molecule has 0 bridgehead atoms. The first kappa shape index (κ1) is 23.7. The Kier molecular flexibility index (Phi) is 6.47. The second kappa shape index (κ2) is 9.55. The van der Waals surface area contributed by atoms with Crippen molar-refractivity contribution in [1.82, 2.24) is 5.16 Å². The summed E-state index contributed by atoms with van der Waals surface area (Å²) in [6.45, 7) is 0. The Morgan fingerprint density at radius 1 is 0.914 bits per heavy atom. The fourth-order valence-corrected chi connectivity index (χ4v) is 5.41. The predicted octanol–water partition coefficient (Wildman–Crippen LogP) is 9.11.